The first-order chi connectivity index (χ1) is 11.8. The summed E-state index contributed by atoms with van der Waals surface area (Å²) in [6.07, 6.45) is 3.84. The van der Waals surface area contributed by atoms with Crippen LogP contribution in [0.2, 0.25) is 0 Å². The van der Waals surface area contributed by atoms with Gasteiger partial charge in [-0.25, -0.2) is 4.98 Å². The average molecular weight is 323 g/mol. The fraction of sp³-hybridized carbons (Fsp3) is 0.294. The zero-order chi connectivity index (χ0) is 16.6. The van der Waals surface area contributed by atoms with E-state index in [0.717, 1.165) is 37.4 Å². The van der Waals surface area contributed by atoms with Crippen molar-refractivity contribution < 1.29 is 0 Å². The Balaban J connectivity index is 1.43. The molecule has 2 aromatic heterocycles. The topological polar surface area (TPSA) is 80.5 Å². The molecular weight excluding hydrogens is 302 g/mol. The summed E-state index contributed by atoms with van der Waals surface area (Å²) in [5, 5.41) is 18.4. The molecule has 0 unspecified atom stereocenters. The predicted octanol–water partition coefficient (Wildman–Crippen LogP) is 2.67. The van der Waals surface area contributed by atoms with E-state index < -0.39 is 0 Å². The van der Waals surface area contributed by atoms with Gasteiger partial charge in [0.1, 0.15) is 5.82 Å². The van der Waals surface area contributed by atoms with Crippen LogP contribution >= 0.6 is 0 Å². The highest BCUT2D eigenvalue weighted by Crippen LogP contribution is 2.12. The lowest BCUT2D eigenvalue weighted by Gasteiger charge is -2.08. The standard InChI is InChI=1S/C17H21N7/c1-14-7-9-15(10-8-14)24-17(21-22-23-24)20-13-5-4-12-19-16-6-2-3-11-18-16/h2-3,6-11H,4-5,12-13H2,1H3,(H,18,19)(H,20,21,23). The van der Waals surface area contributed by atoms with E-state index in [-0.39, 0.29) is 0 Å². The lowest BCUT2D eigenvalue weighted by molar-refractivity contribution is 0.771. The van der Waals surface area contributed by atoms with E-state index in [1.807, 2.05) is 42.5 Å². The number of aromatic nitrogens is 5. The molecule has 0 saturated carbocycles. The fourth-order valence-corrected chi connectivity index (χ4v) is 2.29. The number of pyridine rings is 1. The second kappa shape index (κ2) is 8.05. The molecule has 2 N–H and O–H groups in total. The summed E-state index contributed by atoms with van der Waals surface area (Å²) in [5.74, 6) is 1.57. The first-order valence-corrected chi connectivity index (χ1v) is 8.07. The van der Waals surface area contributed by atoms with Gasteiger partial charge in [-0.3, -0.25) is 0 Å². The van der Waals surface area contributed by atoms with Crippen LogP contribution in [0.1, 0.15) is 18.4 Å². The van der Waals surface area contributed by atoms with Crippen molar-refractivity contribution >= 4 is 11.8 Å². The molecule has 0 aliphatic heterocycles. The zero-order valence-electron chi connectivity index (χ0n) is 13.7. The Hall–Kier alpha value is -2.96. The summed E-state index contributed by atoms with van der Waals surface area (Å²) in [4.78, 5) is 4.23. The van der Waals surface area contributed by atoms with Gasteiger partial charge in [-0.1, -0.05) is 28.9 Å². The summed E-state index contributed by atoms with van der Waals surface area (Å²) in [6, 6.07) is 14.0. The van der Waals surface area contributed by atoms with Crippen molar-refractivity contribution in [1.29, 1.82) is 0 Å². The maximum atomic E-state index is 4.23. The maximum Gasteiger partial charge on any atom is 0.247 e. The summed E-state index contributed by atoms with van der Waals surface area (Å²) < 4.78 is 1.71. The lowest BCUT2D eigenvalue weighted by atomic mass is 10.2. The number of anilines is 2. The molecule has 0 saturated heterocycles. The number of tetrazole rings is 1. The van der Waals surface area contributed by atoms with Gasteiger partial charge in [-0.15, -0.1) is 0 Å². The molecule has 0 spiro atoms. The molecule has 0 radical (unpaired) electrons. The van der Waals surface area contributed by atoms with Crippen LogP contribution in [0, 0.1) is 6.92 Å². The minimum Gasteiger partial charge on any atom is -0.370 e. The van der Waals surface area contributed by atoms with Crippen LogP contribution in [-0.4, -0.2) is 38.3 Å². The quantitative estimate of drug-likeness (QED) is 0.620. The Morgan fingerprint density at radius 1 is 0.958 bits per heavy atom. The van der Waals surface area contributed by atoms with Gasteiger partial charge < -0.3 is 10.6 Å². The molecule has 24 heavy (non-hydrogen) atoms. The number of unbranched alkanes of at least 4 members (excludes halogenated alkanes) is 1. The number of benzene rings is 1. The van der Waals surface area contributed by atoms with Gasteiger partial charge in [0.15, 0.2) is 0 Å². The minimum atomic E-state index is 0.663. The third kappa shape index (κ3) is 4.28. The van der Waals surface area contributed by atoms with Crippen LogP contribution in [0.4, 0.5) is 11.8 Å². The van der Waals surface area contributed by atoms with Crippen molar-refractivity contribution in [2.24, 2.45) is 0 Å². The van der Waals surface area contributed by atoms with Gasteiger partial charge in [-0.2, -0.15) is 4.68 Å². The zero-order valence-corrected chi connectivity index (χ0v) is 13.7. The molecule has 124 valence electrons. The maximum absolute atomic E-state index is 4.23. The van der Waals surface area contributed by atoms with Crippen LogP contribution in [0.3, 0.4) is 0 Å². The molecule has 0 atom stereocenters. The van der Waals surface area contributed by atoms with Crippen molar-refractivity contribution in [3.8, 4) is 5.69 Å². The minimum absolute atomic E-state index is 0.663. The summed E-state index contributed by atoms with van der Waals surface area (Å²) >= 11 is 0. The highest BCUT2D eigenvalue weighted by molar-refractivity contribution is 5.39. The lowest BCUT2D eigenvalue weighted by Crippen LogP contribution is -2.10. The average Bonchev–Trinajstić information content (AvgIpc) is 3.08. The van der Waals surface area contributed by atoms with Crippen LogP contribution in [0.15, 0.2) is 48.7 Å². The molecule has 0 fully saturated rings. The Kier molecular flexibility index (Phi) is 5.34. The third-order valence-electron chi connectivity index (χ3n) is 3.61. The molecule has 0 aliphatic rings. The normalized spacial score (nSPS) is 10.5. The number of nitrogens with zero attached hydrogens (tertiary/aromatic N) is 5. The molecule has 7 nitrogen and oxygen atoms in total. The highest BCUT2D eigenvalue weighted by atomic mass is 15.6. The number of nitrogens with one attached hydrogen (secondary N) is 2. The number of hydrogen-bond acceptors (Lipinski definition) is 6. The van der Waals surface area contributed by atoms with Crippen molar-refractivity contribution in [2.45, 2.75) is 19.8 Å². The Bertz CT molecular complexity index is 737. The SMILES string of the molecule is Cc1ccc(-n2nnnc2NCCCCNc2ccccn2)cc1. The monoisotopic (exact) mass is 323 g/mol. The number of aryl methyl sites for hydroxylation is 1. The smallest absolute Gasteiger partial charge is 0.247 e. The van der Waals surface area contributed by atoms with Crippen molar-refractivity contribution in [1.82, 2.24) is 25.2 Å². The van der Waals surface area contributed by atoms with E-state index in [1.165, 1.54) is 5.56 Å². The third-order valence-corrected chi connectivity index (χ3v) is 3.61. The Morgan fingerprint density at radius 2 is 1.75 bits per heavy atom. The first-order valence-electron chi connectivity index (χ1n) is 8.07. The van der Waals surface area contributed by atoms with Crippen LogP contribution in [0.5, 0.6) is 0 Å². The van der Waals surface area contributed by atoms with Gasteiger partial charge in [0.25, 0.3) is 0 Å². The first kappa shape index (κ1) is 15.9. The molecular formula is C17H21N7. The van der Waals surface area contributed by atoms with E-state index >= 15 is 0 Å². The molecule has 7 heteroatoms. The van der Waals surface area contributed by atoms with Crippen molar-refractivity contribution in [3.05, 3.63) is 54.2 Å². The van der Waals surface area contributed by atoms with Gasteiger partial charge in [-0.05, 0) is 54.5 Å². The second-order valence-electron chi connectivity index (χ2n) is 5.53. The van der Waals surface area contributed by atoms with E-state index in [1.54, 1.807) is 10.9 Å². The fourth-order valence-electron chi connectivity index (χ4n) is 2.29. The molecule has 3 rings (SSSR count). The number of rotatable bonds is 8. The van der Waals surface area contributed by atoms with Crippen LogP contribution < -0.4 is 10.6 Å². The molecule has 2 heterocycles. The summed E-state index contributed by atoms with van der Waals surface area (Å²) in [5.41, 5.74) is 2.16. The van der Waals surface area contributed by atoms with E-state index in [2.05, 4.69) is 38.1 Å². The molecule has 0 amide bonds. The van der Waals surface area contributed by atoms with Gasteiger partial charge in [0.2, 0.25) is 5.95 Å². The molecule has 0 aliphatic carbocycles. The predicted molar refractivity (Wildman–Crippen MR) is 94.3 cm³/mol. The Labute approximate surface area is 141 Å². The molecule has 3 aromatic rings. The van der Waals surface area contributed by atoms with E-state index in [9.17, 15) is 0 Å². The summed E-state index contributed by atoms with van der Waals surface area (Å²) in [7, 11) is 0. The second-order valence-corrected chi connectivity index (χ2v) is 5.53. The highest BCUT2D eigenvalue weighted by Gasteiger charge is 2.06. The van der Waals surface area contributed by atoms with Gasteiger partial charge in [0, 0.05) is 19.3 Å². The van der Waals surface area contributed by atoms with Crippen LogP contribution in [-0.2, 0) is 0 Å². The van der Waals surface area contributed by atoms with Gasteiger partial charge in [0.05, 0.1) is 5.69 Å². The van der Waals surface area contributed by atoms with Crippen molar-refractivity contribution in [2.75, 3.05) is 23.7 Å². The van der Waals surface area contributed by atoms with E-state index in [0.29, 0.717) is 5.95 Å². The Morgan fingerprint density at radius 3 is 2.50 bits per heavy atom. The van der Waals surface area contributed by atoms with Crippen molar-refractivity contribution in [3.63, 3.8) is 0 Å². The van der Waals surface area contributed by atoms with E-state index in [4.69, 9.17) is 0 Å². The largest absolute Gasteiger partial charge is 0.370 e. The van der Waals surface area contributed by atoms with Crippen LogP contribution in [0.25, 0.3) is 5.69 Å². The summed E-state index contributed by atoms with van der Waals surface area (Å²) in [6.45, 7) is 3.76. The number of hydrogen-bond donors (Lipinski definition) is 2. The van der Waals surface area contributed by atoms with Gasteiger partial charge >= 0.3 is 0 Å². The molecule has 1 aromatic carbocycles. The molecule has 0 bridgehead atoms.